The molecule has 6 heteroatoms. The largest absolute Gasteiger partial charge is 0.497 e. The van der Waals surface area contributed by atoms with Crippen molar-refractivity contribution < 1.29 is 4.74 Å². The van der Waals surface area contributed by atoms with Gasteiger partial charge in [0.1, 0.15) is 5.75 Å². The van der Waals surface area contributed by atoms with Crippen LogP contribution in [0.25, 0.3) is 22.8 Å². The van der Waals surface area contributed by atoms with Gasteiger partial charge in [0.05, 0.1) is 13.7 Å². The van der Waals surface area contributed by atoms with Gasteiger partial charge in [-0.2, -0.15) is 5.10 Å². The second kappa shape index (κ2) is 8.88. The molecule has 0 N–H and O–H groups in total. The summed E-state index contributed by atoms with van der Waals surface area (Å²) in [5, 5.41) is 4.85. The van der Waals surface area contributed by atoms with Crippen molar-refractivity contribution in [2.24, 2.45) is 0 Å². The number of hydrogen-bond donors (Lipinski definition) is 0. The highest BCUT2D eigenvalue weighted by Gasteiger charge is 2.15. The van der Waals surface area contributed by atoms with Crippen LogP contribution < -0.4 is 4.74 Å². The van der Waals surface area contributed by atoms with Crippen LogP contribution in [0.4, 0.5) is 0 Å². The van der Waals surface area contributed by atoms with E-state index in [4.69, 9.17) is 14.8 Å². The number of pyridine rings is 1. The van der Waals surface area contributed by atoms with Gasteiger partial charge in [0.15, 0.2) is 11.6 Å². The molecule has 0 aliphatic carbocycles. The molecule has 152 valence electrons. The first kappa shape index (κ1) is 19.8. The molecule has 0 radical (unpaired) electrons. The minimum absolute atomic E-state index is 0.597. The maximum atomic E-state index is 5.30. The highest BCUT2D eigenvalue weighted by molar-refractivity contribution is 5.63. The van der Waals surface area contributed by atoms with E-state index in [1.165, 1.54) is 5.56 Å². The normalized spacial score (nSPS) is 11.1. The van der Waals surface area contributed by atoms with Crippen LogP contribution in [-0.4, -0.2) is 45.9 Å². The Kier molecular flexibility index (Phi) is 5.86. The lowest BCUT2D eigenvalue weighted by atomic mass is 10.1. The zero-order chi connectivity index (χ0) is 20.9. The minimum Gasteiger partial charge on any atom is -0.497 e. The van der Waals surface area contributed by atoms with E-state index < -0.39 is 0 Å². The summed E-state index contributed by atoms with van der Waals surface area (Å²) < 4.78 is 7.23. The van der Waals surface area contributed by atoms with Crippen LogP contribution in [0.3, 0.4) is 0 Å². The molecular formula is C24H25N5O. The maximum Gasteiger partial charge on any atom is 0.181 e. The van der Waals surface area contributed by atoms with Crippen LogP contribution in [-0.2, 0) is 13.1 Å². The van der Waals surface area contributed by atoms with E-state index in [-0.39, 0.29) is 0 Å². The van der Waals surface area contributed by atoms with Gasteiger partial charge in [-0.05, 0) is 61.6 Å². The van der Waals surface area contributed by atoms with Crippen LogP contribution in [0, 0.1) is 0 Å². The lowest BCUT2D eigenvalue weighted by Gasteiger charge is -2.09. The fourth-order valence-corrected chi connectivity index (χ4v) is 3.37. The van der Waals surface area contributed by atoms with Crippen molar-refractivity contribution in [1.82, 2.24) is 24.6 Å². The van der Waals surface area contributed by atoms with Crippen molar-refractivity contribution in [3.05, 3.63) is 84.2 Å². The molecule has 0 bridgehead atoms. The van der Waals surface area contributed by atoms with Crippen molar-refractivity contribution in [3.63, 3.8) is 0 Å². The first-order chi connectivity index (χ1) is 14.6. The first-order valence-corrected chi connectivity index (χ1v) is 9.84. The van der Waals surface area contributed by atoms with Gasteiger partial charge in [-0.25, -0.2) is 9.67 Å². The summed E-state index contributed by atoms with van der Waals surface area (Å²) in [7, 11) is 5.80. The Morgan fingerprint density at radius 2 is 1.73 bits per heavy atom. The van der Waals surface area contributed by atoms with E-state index >= 15 is 0 Å². The smallest absolute Gasteiger partial charge is 0.181 e. The van der Waals surface area contributed by atoms with Crippen molar-refractivity contribution in [2.75, 3.05) is 21.2 Å². The van der Waals surface area contributed by atoms with Gasteiger partial charge in [0, 0.05) is 30.1 Å². The second-order valence-electron chi connectivity index (χ2n) is 7.44. The average molecular weight is 399 g/mol. The summed E-state index contributed by atoms with van der Waals surface area (Å²) in [6, 6.07) is 20.3. The number of rotatable bonds is 7. The summed E-state index contributed by atoms with van der Waals surface area (Å²) >= 11 is 0. The van der Waals surface area contributed by atoms with Crippen molar-refractivity contribution in [1.29, 1.82) is 0 Å². The van der Waals surface area contributed by atoms with E-state index in [1.54, 1.807) is 13.3 Å². The van der Waals surface area contributed by atoms with Gasteiger partial charge in [-0.3, -0.25) is 4.98 Å². The Hall–Kier alpha value is -3.51. The van der Waals surface area contributed by atoms with E-state index in [0.29, 0.717) is 12.4 Å². The summed E-state index contributed by atoms with van der Waals surface area (Å²) in [6.45, 7) is 1.47. The number of hydrogen-bond acceptors (Lipinski definition) is 5. The molecule has 0 saturated carbocycles. The zero-order valence-electron chi connectivity index (χ0n) is 17.5. The predicted octanol–water partition coefficient (Wildman–Crippen LogP) is 4.13. The molecule has 0 saturated heterocycles. The third-order valence-corrected chi connectivity index (χ3v) is 4.76. The van der Waals surface area contributed by atoms with Crippen LogP contribution >= 0.6 is 0 Å². The van der Waals surface area contributed by atoms with E-state index in [1.807, 2.05) is 47.3 Å². The van der Waals surface area contributed by atoms with Crippen molar-refractivity contribution in [3.8, 4) is 28.5 Å². The highest BCUT2D eigenvalue weighted by atomic mass is 16.5. The molecule has 0 aliphatic rings. The molecule has 2 aromatic heterocycles. The molecule has 0 unspecified atom stereocenters. The molecular weight excluding hydrogens is 374 g/mol. The van der Waals surface area contributed by atoms with Gasteiger partial charge in [-0.1, -0.05) is 24.3 Å². The fourth-order valence-electron chi connectivity index (χ4n) is 3.37. The summed E-state index contributed by atoms with van der Waals surface area (Å²) in [4.78, 5) is 11.3. The second-order valence-corrected chi connectivity index (χ2v) is 7.44. The van der Waals surface area contributed by atoms with Gasteiger partial charge in [-0.15, -0.1) is 0 Å². The zero-order valence-corrected chi connectivity index (χ0v) is 17.5. The standard InChI is InChI=1S/C24H25N5O/c1-28(2)16-18-6-4-8-21(14-18)23-26-24(20-9-11-22(30-3)12-10-20)29(27-23)17-19-7-5-13-25-15-19/h4-15H,16-17H2,1-3H3. The third-order valence-electron chi connectivity index (χ3n) is 4.76. The molecule has 6 nitrogen and oxygen atoms in total. The molecule has 0 aliphatic heterocycles. The highest BCUT2D eigenvalue weighted by Crippen LogP contribution is 2.25. The fraction of sp³-hybridized carbons (Fsp3) is 0.208. The van der Waals surface area contributed by atoms with E-state index in [2.05, 4.69) is 48.2 Å². The molecule has 0 spiro atoms. The van der Waals surface area contributed by atoms with Gasteiger partial charge in [0.2, 0.25) is 0 Å². The van der Waals surface area contributed by atoms with Gasteiger partial charge in [0.25, 0.3) is 0 Å². The van der Waals surface area contributed by atoms with E-state index in [9.17, 15) is 0 Å². The third kappa shape index (κ3) is 4.55. The molecule has 2 aromatic carbocycles. The molecule has 2 heterocycles. The number of ether oxygens (including phenoxy) is 1. The molecule has 4 aromatic rings. The Morgan fingerprint density at radius 1 is 0.933 bits per heavy atom. The average Bonchev–Trinajstić information content (AvgIpc) is 3.18. The number of methoxy groups -OCH3 is 1. The molecule has 0 atom stereocenters. The van der Waals surface area contributed by atoms with Crippen LogP contribution in [0.15, 0.2) is 73.1 Å². The maximum absolute atomic E-state index is 5.30. The topological polar surface area (TPSA) is 56.1 Å². The lowest BCUT2D eigenvalue weighted by Crippen LogP contribution is -2.10. The Bertz CT molecular complexity index is 1100. The first-order valence-electron chi connectivity index (χ1n) is 9.84. The van der Waals surface area contributed by atoms with Crippen LogP contribution in [0.2, 0.25) is 0 Å². The molecule has 0 fully saturated rings. The molecule has 4 rings (SSSR count). The SMILES string of the molecule is COc1ccc(-c2nc(-c3cccc(CN(C)C)c3)nn2Cc2cccnc2)cc1. The van der Waals surface area contributed by atoms with Gasteiger partial charge < -0.3 is 9.64 Å². The lowest BCUT2D eigenvalue weighted by molar-refractivity contribution is 0.402. The monoisotopic (exact) mass is 399 g/mol. The van der Waals surface area contributed by atoms with E-state index in [0.717, 1.165) is 34.8 Å². The summed E-state index contributed by atoms with van der Waals surface area (Å²) in [5.41, 5.74) is 4.30. The van der Waals surface area contributed by atoms with Crippen LogP contribution in [0.1, 0.15) is 11.1 Å². The van der Waals surface area contributed by atoms with Crippen LogP contribution in [0.5, 0.6) is 5.75 Å². The molecule has 0 amide bonds. The Balaban J connectivity index is 1.75. The summed E-state index contributed by atoms with van der Waals surface area (Å²) in [5.74, 6) is 2.34. The molecule has 30 heavy (non-hydrogen) atoms. The van der Waals surface area contributed by atoms with Crippen molar-refractivity contribution >= 4 is 0 Å². The Labute approximate surface area is 176 Å². The number of aromatic nitrogens is 4. The number of nitrogens with zero attached hydrogens (tertiary/aromatic N) is 5. The number of benzene rings is 2. The van der Waals surface area contributed by atoms with Gasteiger partial charge >= 0.3 is 0 Å². The quantitative estimate of drug-likeness (QED) is 0.468. The Morgan fingerprint density at radius 3 is 2.43 bits per heavy atom. The predicted molar refractivity (Wildman–Crippen MR) is 118 cm³/mol. The minimum atomic E-state index is 0.597. The summed E-state index contributed by atoms with van der Waals surface area (Å²) in [6.07, 6.45) is 3.63. The van der Waals surface area contributed by atoms with Crippen molar-refractivity contribution in [2.45, 2.75) is 13.1 Å².